The number of benzene rings is 1. The molecular formula is C36H49N7O8S. The number of carbonyl (C=O) groups is 4. The lowest BCUT2D eigenvalue weighted by atomic mass is 9.85. The number of carbonyl (C=O) groups excluding carboxylic acids is 4. The Balaban J connectivity index is 1.23. The van der Waals surface area contributed by atoms with E-state index in [4.69, 9.17) is 9.47 Å². The second-order valence-electron chi connectivity index (χ2n) is 15.4. The summed E-state index contributed by atoms with van der Waals surface area (Å²) in [5, 5.41) is 8.18. The molecule has 4 aliphatic rings. The Morgan fingerprint density at radius 3 is 2.37 bits per heavy atom. The fourth-order valence-corrected chi connectivity index (χ4v) is 8.44. The van der Waals surface area contributed by atoms with Crippen LogP contribution >= 0.6 is 0 Å². The number of hydrogen-bond acceptors (Lipinski definition) is 11. The van der Waals surface area contributed by atoms with E-state index in [2.05, 4.69) is 30.6 Å². The maximum Gasteiger partial charge on any atom is 0.408 e. The van der Waals surface area contributed by atoms with Gasteiger partial charge in [-0.1, -0.05) is 52.3 Å². The summed E-state index contributed by atoms with van der Waals surface area (Å²) < 4.78 is 39.4. The highest BCUT2D eigenvalue weighted by Gasteiger charge is 2.62. The molecule has 1 aromatic carbocycles. The minimum Gasteiger partial charge on any atom is -0.458 e. The van der Waals surface area contributed by atoms with Crippen LogP contribution in [-0.4, -0.2) is 88.7 Å². The van der Waals surface area contributed by atoms with Gasteiger partial charge in [-0.15, -0.1) is 0 Å². The van der Waals surface area contributed by atoms with Gasteiger partial charge in [-0.05, 0) is 74.5 Å². The summed E-state index contributed by atoms with van der Waals surface area (Å²) in [5.41, 5.74) is -1.41. The van der Waals surface area contributed by atoms with E-state index in [0.717, 1.165) is 31.4 Å². The number of ether oxygens (including phenoxy) is 2. The highest BCUT2D eigenvalue weighted by molar-refractivity contribution is 7.91. The summed E-state index contributed by atoms with van der Waals surface area (Å²) in [5.74, 6) is -1.74. The van der Waals surface area contributed by atoms with Crippen LogP contribution in [0, 0.1) is 11.3 Å². The molecule has 1 aliphatic heterocycles. The number of anilines is 2. The predicted octanol–water partition coefficient (Wildman–Crippen LogP) is 3.55. The van der Waals surface area contributed by atoms with E-state index in [1.165, 1.54) is 11.1 Å². The van der Waals surface area contributed by atoms with Crippen molar-refractivity contribution < 1.29 is 37.1 Å². The van der Waals surface area contributed by atoms with Crippen molar-refractivity contribution >= 4 is 45.3 Å². The number of sulfonamides is 1. The van der Waals surface area contributed by atoms with Crippen molar-refractivity contribution in [3.63, 3.8) is 0 Å². The van der Waals surface area contributed by atoms with E-state index >= 15 is 0 Å². The Morgan fingerprint density at radius 1 is 1.02 bits per heavy atom. The molecule has 0 unspecified atom stereocenters. The average molecular weight is 740 g/mol. The van der Waals surface area contributed by atoms with Crippen molar-refractivity contribution in [2.45, 2.75) is 121 Å². The first-order valence-electron chi connectivity index (χ1n) is 18.2. The predicted molar refractivity (Wildman–Crippen MR) is 191 cm³/mol. The number of nitrogens with one attached hydrogen (secondary N) is 4. The van der Waals surface area contributed by atoms with Crippen molar-refractivity contribution in [1.82, 2.24) is 30.2 Å². The van der Waals surface area contributed by atoms with Crippen LogP contribution in [0.2, 0.25) is 0 Å². The molecule has 16 heteroatoms. The lowest BCUT2D eigenvalue weighted by molar-refractivity contribution is -0.143. The number of aromatic nitrogens is 2. The van der Waals surface area contributed by atoms with Gasteiger partial charge in [-0.3, -0.25) is 19.1 Å². The van der Waals surface area contributed by atoms with E-state index in [1.807, 2.05) is 37.3 Å². The van der Waals surface area contributed by atoms with Crippen molar-refractivity contribution in [2.75, 3.05) is 11.9 Å². The van der Waals surface area contributed by atoms with Crippen molar-refractivity contribution in [2.24, 2.45) is 11.3 Å². The molecule has 282 valence electrons. The molecule has 52 heavy (non-hydrogen) atoms. The summed E-state index contributed by atoms with van der Waals surface area (Å²) in [6.07, 6.45) is 5.08. The molecule has 0 bridgehead atoms. The zero-order valence-corrected chi connectivity index (χ0v) is 30.9. The average Bonchev–Trinajstić information content (AvgIpc) is 3.97. The lowest BCUT2D eigenvalue weighted by Crippen LogP contribution is -2.60. The fraction of sp³-hybridized carbons (Fsp3) is 0.611. The third-order valence-electron chi connectivity index (χ3n) is 10.3. The molecule has 2 heterocycles. The fourth-order valence-electron chi connectivity index (χ4n) is 7.08. The molecule has 4 amide bonds. The Morgan fingerprint density at radius 2 is 1.73 bits per heavy atom. The third kappa shape index (κ3) is 8.59. The van der Waals surface area contributed by atoms with E-state index in [1.54, 1.807) is 26.8 Å². The summed E-state index contributed by atoms with van der Waals surface area (Å²) in [4.78, 5) is 65.3. The van der Waals surface area contributed by atoms with Crippen LogP contribution in [0.5, 0.6) is 6.01 Å². The number of likely N-dealkylation sites (tertiary alicyclic amines) is 1. The molecule has 5 atom stereocenters. The minimum absolute atomic E-state index is 0.0233. The van der Waals surface area contributed by atoms with Crippen molar-refractivity contribution in [1.29, 1.82) is 0 Å². The van der Waals surface area contributed by atoms with Gasteiger partial charge in [0.05, 0.1) is 11.8 Å². The first-order valence-corrected chi connectivity index (χ1v) is 19.7. The van der Waals surface area contributed by atoms with Gasteiger partial charge in [0.2, 0.25) is 21.8 Å². The van der Waals surface area contributed by atoms with Crippen LogP contribution in [-0.2, 0) is 29.1 Å². The van der Waals surface area contributed by atoms with Gasteiger partial charge >= 0.3 is 12.1 Å². The summed E-state index contributed by atoms with van der Waals surface area (Å²) in [6.45, 7) is 7.23. The first-order chi connectivity index (χ1) is 24.7. The summed E-state index contributed by atoms with van der Waals surface area (Å²) >= 11 is 0. The number of amides is 4. The molecule has 1 aromatic heterocycles. The SMILES string of the molecule is CC[C@@H]1C[C@]1(NC(=O)[C@@H]1C[C@@H](Oc2nccc(Nc3ccccc3)n2)CN1C(=O)[C@@H](NC(=O)OC1CCCC1)C(C)(C)C)C(=O)NS(=O)(=O)C1CC1. The van der Waals surface area contributed by atoms with Gasteiger partial charge in [-0.2, -0.15) is 4.98 Å². The Kier molecular flexibility index (Phi) is 10.7. The lowest BCUT2D eigenvalue weighted by Gasteiger charge is -2.35. The van der Waals surface area contributed by atoms with Crippen LogP contribution in [0.3, 0.4) is 0 Å². The smallest absolute Gasteiger partial charge is 0.408 e. The molecule has 1 saturated heterocycles. The summed E-state index contributed by atoms with van der Waals surface area (Å²) in [7, 11) is -3.86. The number of hydrogen-bond donors (Lipinski definition) is 4. The number of alkyl carbamates (subject to hydrolysis) is 1. The van der Waals surface area contributed by atoms with Gasteiger partial charge in [0, 0.05) is 18.3 Å². The van der Waals surface area contributed by atoms with Gasteiger partial charge in [0.1, 0.15) is 35.6 Å². The molecule has 15 nitrogen and oxygen atoms in total. The van der Waals surface area contributed by atoms with Crippen LogP contribution in [0.15, 0.2) is 42.6 Å². The van der Waals surface area contributed by atoms with E-state index in [-0.39, 0.29) is 37.4 Å². The third-order valence-corrected chi connectivity index (χ3v) is 12.1. The van der Waals surface area contributed by atoms with Crippen LogP contribution in [0.1, 0.15) is 85.5 Å². The van der Waals surface area contributed by atoms with Gasteiger partial charge in [0.25, 0.3) is 5.91 Å². The maximum atomic E-state index is 14.5. The number of rotatable bonds is 13. The molecule has 3 aliphatic carbocycles. The number of nitrogens with zero attached hydrogens (tertiary/aromatic N) is 3. The molecule has 6 rings (SSSR count). The summed E-state index contributed by atoms with van der Waals surface area (Å²) in [6, 6.07) is 8.94. The van der Waals surface area contributed by atoms with E-state index in [0.29, 0.717) is 25.1 Å². The van der Waals surface area contributed by atoms with Crippen molar-refractivity contribution in [3.05, 3.63) is 42.6 Å². The van der Waals surface area contributed by atoms with Crippen LogP contribution in [0.25, 0.3) is 0 Å². The van der Waals surface area contributed by atoms with Crippen LogP contribution in [0.4, 0.5) is 16.3 Å². The standard InChI is InChI=1S/C36H49N7O8S/c1-5-22-20-36(22,32(46)42-52(48,49)26-15-16-26)41-30(44)27-19-25(50-33-37-18-17-28(39-33)38-23-11-7-6-8-12-23)21-43(27)31(45)29(35(2,3)4)40-34(47)51-24-13-9-10-14-24/h6-8,11-12,17-18,22,24-27,29H,5,9-10,13-16,19-21H2,1-4H3,(H,40,47)(H,41,44)(H,42,46)(H,37,38,39)/t22-,25-,27+,29-,36-/m1/s1. The van der Waals surface area contributed by atoms with Crippen molar-refractivity contribution in [3.8, 4) is 6.01 Å². The second-order valence-corrected chi connectivity index (χ2v) is 17.4. The molecule has 0 radical (unpaired) electrons. The molecule has 4 N–H and O–H groups in total. The van der Waals surface area contributed by atoms with Crippen LogP contribution < -0.4 is 25.4 Å². The normalized spacial score (nSPS) is 25.2. The van der Waals surface area contributed by atoms with E-state index < -0.39 is 68.2 Å². The van der Waals surface area contributed by atoms with Gasteiger partial charge in [0.15, 0.2) is 0 Å². The van der Waals surface area contributed by atoms with E-state index in [9.17, 15) is 27.6 Å². The molecular weight excluding hydrogens is 691 g/mol. The highest BCUT2D eigenvalue weighted by Crippen LogP contribution is 2.47. The Bertz CT molecular complexity index is 1760. The zero-order chi connectivity index (χ0) is 37.3. The zero-order valence-electron chi connectivity index (χ0n) is 30.1. The quantitative estimate of drug-likeness (QED) is 0.234. The molecule has 0 spiro atoms. The monoisotopic (exact) mass is 739 g/mol. The highest BCUT2D eigenvalue weighted by atomic mass is 32.2. The minimum atomic E-state index is -3.86. The van der Waals surface area contributed by atoms with Gasteiger partial charge in [-0.25, -0.2) is 18.2 Å². The first kappa shape index (κ1) is 37.3. The Labute approximate surface area is 304 Å². The molecule has 3 saturated carbocycles. The Hall–Kier alpha value is -4.47. The topological polar surface area (TPSA) is 198 Å². The van der Waals surface area contributed by atoms with Gasteiger partial charge < -0.3 is 30.3 Å². The largest absolute Gasteiger partial charge is 0.458 e. The second kappa shape index (κ2) is 14.9. The number of para-hydroxylation sites is 1. The molecule has 4 fully saturated rings. The maximum absolute atomic E-state index is 14.5. The molecule has 2 aromatic rings.